The van der Waals surface area contributed by atoms with E-state index in [0.29, 0.717) is 19.4 Å². The summed E-state index contributed by atoms with van der Waals surface area (Å²) in [4.78, 5) is 130. The van der Waals surface area contributed by atoms with Crippen LogP contribution in [-0.2, 0) is 57.5 Å². The van der Waals surface area contributed by atoms with E-state index < -0.39 is 5.92 Å². The number of rotatable bonds is 17. The first-order chi connectivity index (χ1) is 29.2. The maximum absolute atomic E-state index is 11.9. The second kappa shape index (κ2) is 25.5. The van der Waals surface area contributed by atoms with Crippen LogP contribution in [0, 0.1) is 88.8 Å². The van der Waals surface area contributed by atoms with E-state index in [2.05, 4.69) is 0 Å². The lowest BCUT2D eigenvalue weighted by atomic mass is 9.62. The Morgan fingerprint density at radius 2 is 0.984 bits per heavy atom. The fourth-order valence-electron chi connectivity index (χ4n) is 12.1. The maximum atomic E-state index is 11.9. The zero-order valence-electron chi connectivity index (χ0n) is 41.1. The first-order valence-corrected chi connectivity index (χ1v) is 22.9. The molecule has 15 atom stereocenters. The molecule has 354 valence electrons. The SMILES string of the molecule is CC.CC(=O)CC(C(C)=O)C1C=C(C)C(C(C)=O)C(C(C)=O)C1.CC(=O)CC(C(C)=O)C1CC(C)C(C(C)=O)C(C(C)=O)C1.COCC1C2CC(C1C(C)=O)C(C(C)=O)C2C(C)=O. The fraction of sp³-hybridized carbons (Fsp3) is 0.745. The molecule has 0 heterocycles. The molecule has 0 radical (unpaired) electrons. The van der Waals surface area contributed by atoms with Crippen LogP contribution >= 0.6 is 0 Å². The Bertz CT molecular complexity index is 1770. The smallest absolute Gasteiger partial charge is 0.137 e. The topological polar surface area (TPSA) is 197 Å². The predicted molar refractivity (Wildman–Crippen MR) is 240 cm³/mol. The molecule has 0 aromatic carbocycles. The quantitative estimate of drug-likeness (QED) is 0.129. The average Bonchev–Trinajstić information content (AvgIpc) is 3.73. The summed E-state index contributed by atoms with van der Waals surface area (Å²) >= 11 is 0. The molecule has 3 saturated carbocycles. The Hall–Kier alpha value is -3.93. The molecule has 0 saturated heterocycles. The van der Waals surface area contributed by atoms with Crippen LogP contribution in [0.5, 0.6) is 0 Å². The van der Waals surface area contributed by atoms with E-state index in [1.165, 1.54) is 55.4 Å². The molecule has 0 aromatic heterocycles. The third-order valence-corrected chi connectivity index (χ3v) is 14.4. The summed E-state index contributed by atoms with van der Waals surface area (Å²) in [5.41, 5.74) is 0.841. The highest BCUT2D eigenvalue weighted by Gasteiger charge is 2.61. The lowest BCUT2D eigenvalue weighted by molar-refractivity contribution is -0.139. The van der Waals surface area contributed by atoms with Gasteiger partial charge >= 0.3 is 0 Å². The minimum atomic E-state index is -0.396. The van der Waals surface area contributed by atoms with Gasteiger partial charge in [0.15, 0.2) is 0 Å². The van der Waals surface area contributed by atoms with Crippen LogP contribution in [-0.4, -0.2) is 77.3 Å². The zero-order chi connectivity index (χ0) is 49.0. The van der Waals surface area contributed by atoms with Crippen molar-refractivity contribution >= 4 is 63.6 Å². The zero-order valence-corrected chi connectivity index (χ0v) is 41.1. The molecule has 4 rings (SSSR count). The summed E-state index contributed by atoms with van der Waals surface area (Å²) < 4.78 is 5.23. The monoisotopic (exact) mass is 883 g/mol. The highest BCUT2D eigenvalue weighted by Crippen LogP contribution is 2.59. The summed E-state index contributed by atoms with van der Waals surface area (Å²) in [6, 6.07) is 0. The molecule has 12 heteroatoms. The summed E-state index contributed by atoms with van der Waals surface area (Å²) in [7, 11) is 1.62. The average molecular weight is 883 g/mol. The molecular weight excluding hydrogens is 805 g/mol. The summed E-state index contributed by atoms with van der Waals surface area (Å²) in [5.74, 6) is -2.22. The minimum Gasteiger partial charge on any atom is -0.384 e. The van der Waals surface area contributed by atoms with E-state index in [1.807, 2.05) is 33.8 Å². The normalized spacial score (nSPS) is 31.4. The number of ketones is 11. The van der Waals surface area contributed by atoms with Gasteiger partial charge in [-0.1, -0.05) is 32.4 Å². The Labute approximate surface area is 376 Å². The van der Waals surface area contributed by atoms with Gasteiger partial charge in [-0.05, 0) is 144 Å². The second-order valence-corrected chi connectivity index (χ2v) is 19.0. The summed E-state index contributed by atoms with van der Waals surface area (Å²) in [5, 5.41) is 0. The molecule has 0 spiro atoms. The largest absolute Gasteiger partial charge is 0.384 e. The van der Waals surface area contributed by atoms with E-state index in [0.717, 1.165) is 18.4 Å². The van der Waals surface area contributed by atoms with Crippen molar-refractivity contribution in [2.45, 2.75) is 142 Å². The van der Waals surface area contributed by atoms with Crippen molar-refractivity contribution in [2.24, 2.45) is 88.8 Å². The van der Waals surface area contributed by atoms with Crippen LogP contribution < -0.4 is 0 Å². The van der Waals surface area contributed by atoms with Gasteiger partial charge in [0.2, 0.25) is 0 Å². The van der Waals surface area contributed by atoms with Gasteiger partial charge in [0.05, 0.1) is 0 Å². The molecule has 63 heavy (non-hydrogen) atoms. The van der Waals surface area contributed by atoms with Crippen LogP contribution in [0.1, 0.15) is 142 Å². The number of fused-ring (bicyclic) bond motifs is 2. The second-order valence-electron chi connectivity index (χ2n) is 19.0. The molecular formula is C51H78O12. The number of Topliss-reactive ketones (excluding diaryl/α,β-unsaturated/α-hetero) is 11. The van der Waals surface area contributed by atoms with E-state index in [9.17, 15) is 52.7 Å². The molecule has 15 unspecified atom stereocenters. The van der Waals surface area contributed by atoms with E-state index in [-0.39, 0.29) is 159 Å². The summed E-state index contributed by atoms with van der Waals surface area (Å²) in [6.07, 6.45) is 4.90. The molecule has 0 aromatic rings. The fourth-order valence-corrected chi connectivity index (χ4v) is 12.1. The van der Waals surface area contributed by atoms with Crippen molar-refractivity contribution in [1.29, 1.82) is 0 Å². The molecule has 2 bridgehead atoms. The van der Waals surface area contributed by atoms with Gasteiger partial charge in [0.1, 0.15) is 63.6 Å². The molecule has 4 aliphatic rings. The first-order valence-electron chi connectivity index (χ1n) is 22.9. The van der Waals surface area contributed by atoms with E-state index >= 15 is 0 Å². The van der Waals surface area contributed by atoms with Crippen LogP contribution in [0.4, 0.5) is 0 Å². The van der Waals surface area contributed by atoms with Crippen LogP contribution in [0.25, 0.3) is 0 Å². The number of ether oxygens (including phenoxy) is 1. The van der Waals surface area contributed by atoms with Crippen molar-refractivity contribution in [1.82, 2.24) is 0 Å². The van der Waals surface area contributed by atoms with Crippen LogP contribution in [0.15, 0.2) is 11.6 Å². The van der Waals surface area contributed by atoms with Gasteiger partial charge in [-0.15, -0.1) is 0 Å². The minimum absolute atomic E-state index is 0.00378. The van der Waals surface area contributed by atoms with Crippen molar-refractivity contribution in [3.05, 3.63) is 11.6 Å². The van der Waals surface area contributed by atoms with Crippen LogP contribution in [0.2, 0.25) is 0 Å². The highest BCUT2D eigenvalue weighted by molar-refractivity contribution is 5.92. The molecule has 4 aliphatic carbocycles. The van der Waals surface area contributed by atoms with E-state index in [1.54, 1.807) is 27.9 Å². The number of carbonyl (C=O) groups is 11. The van der Waals surface area contributed by atoms with Gasteiger partial charge in [-0.2, -0.15) is 0 Å². The van der Waals surface area contributed by atoms with Crippen molar-refractivity contribution in [2.75, 3.05) is 13.7 Å². The van der Waals surface area contributed by atoms with Crippen molar-refractivity contribution in [3.63, 3.8) is 0 Å². The van der Waals surface area contributed by atoms with Crippen molar-refractivity contribution in [3.8, 4) is 0 Å². The third kappa shape index (κ3) is 14.8. The van der Waals surface area contributed by atoms with E-state index in [4.69, 9.17) is 4.74 Å². The molecule has 3 fully saturated rings. The third-order valence-electron chi connectivity index (χ3n) is 14.4. The highest BCUT2D eigenvalue weighted by atomic mass is 16.5. The molecule has 0 aliphatic heterocycles. The number of carbonyl (C=O) groups excluding carboxylic acids is 11. The van der Waals surface area contributed by atoms with Gasteiger partial charge in [0.25, 0.3) is 0 Å². The number of hydrogen-bond acceptors (Lipinski definition) is 12. The van der Waals surface area contributed by atoms with Crippen LogP contribution in [0.3, 0.4) is 0 Å². The predicted octanol–water partition coefficient (Wildman–Crippen LogP) is 7.72. The Morgan fingerprint density at radius 3 is 1.37 bits per heavy atom. The van der Waals surface area contributed by atoms with Gasteiger partial charge in [-0.25, -0.2) is 0 Å². The Morgan fingerprint density at radius 1 is 0.540 bits per heavy atom. The van der Waals surface area contributed by atoms with Crippen molar-refractivity contribution < 1.29 is 57.5 Å². The number of hydrogen-bond donors (Lipinski definition) is 0. The Kier molecular flexibility index (Phi) is 23.1. The first kappa shape index (κ1) is 57.1. The molecule has 0 amide bonds. The summed E-state index contributed by atoms with van der Waals surface area (Å²) in [6.45, 7) is 25.0. The molecule has 0 N–H and O–H groups in total. The van der Waals surface area contributed by atoms with Gasteiger partial charge < -0.3 is 14.3 Å². The van der Waals surface area contributed by atoms with Gasteiger partial charge in [-0.3, -0.25) is 43.2 Å². The Balaban J connectivity index is 0.000000463. The van der Waals surface area contributed by atoms with Gasteiger partial charge in [0, 0.05) is 79.8 Å². The molecule has 12 nitrogen and oxygen atoms in total. The lowest BCUT2D eigenvalue weighted by Crippen LogP contribution is -2.44. The maximum Gasteiger partial charge on any atom is 0.137 e. The standard InChI is InChI=1S/C17H26O4.C17H24O4.C15H22O4.C2H6/c2*1-9-6-14(15(11(3)19)7-10(2)18)8-16(12(4)20)17(9)13(5)21;1-7(16)13-11-5-10(12(13)6-19-4)14(8(2)17)15(11)9(3)18;1-2/h9,14-17H,6-8H2,1-5H3;6,14-17H,7-8H2,1-5H3;10-15H,5-6H2,1-4H3;1-2H3. The lowest BCUT2D eigenvalue weighted by Gasteiger charge is -2.40. The number of allylic oxidation sites excluding steroid dienone is 2. The number of methoxy groups -OCH3 is 1.